The van der Waals surface area contributed by atoms with Gasteiger partial charge in [0.1, 0.15) is 5.75 Å². The number of hydrogen-bond acceptors (Lipinski definition) is 4. The maximum Gasteiger partial charge on any atom is 0.277 e. The average Bonchev–Trinajstić information content (AvgIpc) is 2.77. The molecule has 2 amide bonds. The molecule has 0 bridgehead atoms. The summed E-state index contributed by atoms with van der Waals surface area (Å²) in [4.78, 5) is 24.5. The van der Waals surface area contributed by atoms with Crippen LogP contribution in [0.15, 0.2) is 71.8 Å². The van der Waals surface area contributed by atoms with Gasteiger partial charge in [-0.3, -0.25) is 9.59 Å². The van der Waals surface area contributed by atoms with Crippen LogP contribution in [0.1, 0.15) is 22.8 Å². The number of carbonyl (C=O) groups is 2. The number of halogens is 3. The van der Waals surface area contributed by atoms with E-state index in [1.165, 1.54) is 6.07 Å². The van der Waals surface area contributed by atoms with Crippen molar-refractivity contribution >= 4 is 58.0 Å². The van der Waals surface area contributed by atoms with Gasteiger partial charge in [-0.2, -0.15) is 5.10 Å². The Bertz CT molecular complexity index is 1160. The standard InChI is InChI=1S/C23H18Cl3N3O3/c1-14(28-29-22(30)13-32-19-8-5-16(24)6-9-19)15-3-2-4-18(11-15)27-23(31)20-10-7-17(25)12-21(20)26/h2-12H,13H2,1H3,(H,27,31)(H,29,30)/b28-14+. The highest BCUT2D eigenvalue weighted by Crippen LogP contribution is 2.22. The van der Waals surface area contributed by atoms with Gasteiger partial charge in [0.2, 0.25) is 0 Å². The van der Waals surface area contributed by atoms with Crippen LogP contribution in [0.3, 0.4) is 0 Å². The third-order valence-electron chi connectivity index (χ3n) is 4.25. The molecule has 6 nitrogen and oxygen atoms in total. The van der Waals surface area contributed by atoms with Crippen LogP contribution in [0.25, 0.3) is 0 Å². The number of anilines is 1. The third-order valence-corrected chi connectivity index (χ3v) is 5.05. The Kier molecular flexibility index (Phi) is 8.11. The molecule has 0 aliphatic heterocycles. The fourth-order valence-electron chi connectivity index (χ4n) is 2.62. The van der Waals surface area contributed by atoms with Gasteiger partial charge in [-0.15, -0.1) is 0 Å². The average molecular weight is 491 g/mol. The van der Waals surface area contributed by atoms with E-state index in [2.05, 4.69) is 15.8 Å². The zero-order valence-corrected chi connectivity index (χ0v) is 19.1. The predicted molar refractivity (Wildman–Crippen MR) is 128 cm³/mol. The van der Waals surface area contributed by atoms with Crippen LogP contribution < -0.4 is 15.5 Å². The van der Waals surface area contributed by atoms with Crippen molar-refractivity contribution in [2.24, 2.45) is 5.10 Å². The molecule has 3 aromatic rings. The molecular formula is C23H18Cl3N3O3. The normalized spacial score (nSPS) is 11.1. The molecule has 0 radical (unpaired) electrons. The molecule has 0 spiro atoms. The molecule has 3 aromatic carbocycles. The number of benzene rings is 3. The zero-order valence-electron chi connectivity index (χ0n) is 16.9. The lowest BCUT2D eigenvalue weighted by molar-refractivity contribution is -0.123. The van der Waals surface area contributed by atoms with Gasteiger partial charge in [0.15, 0.2) is 6.61 Å². The summed E-state index contributed by atoms with van der Waals surface area (Å²) >= 11 is 17.8. The predicted octanol–water partition coefficient (Wildman–Crippen LogP) is 5.82. The van der Waals surface area contributed by atoms with Gasteiger partial charge in [0, 0.05) is 15.7 Å². The highest BCUT2D eigenvalue weighted by Gasteiger charge is 2.12. The Morgan fingerprint density at radius 1 is 0.938 bits per heavy atom. The maximum atomic E-state index is 12.5. The molecule has 0 unspecified atom stereocenters. The first-order valence-corrected chi connectivity index (χ1v) is 10.5. The van der Waals surface area contributed by atoms with Gasteiger partial charge in [0.05, 0.1) is 16.3 Å². The molecule has 0 saturated carbocycles. The first-order valence-electron chi connectivity index (χ1n) is 9.40. The Hall–Kier alpha value is -3.06. The van der Waals surface area contributed by atoms with Crippen molar-refractivity contribution < 1.29 is 14.3 Å². The number of rotatable bonds is 7. The number of amides is 2. The van der Waals surface area contributed by atoms with E-state index < -0.39 is 5.91 Å². The summed E-state index contributed by atoms with van der Waals surface area (Å²) in [5.74, 6) is -0.262. The van der Waals surface area contributed by atoms with Crippen molar-refractivity contribution in [2.45, 2.75) is 6.92 Å². The van der Waals surface area contributed by atoms with E-state index in [0.717, 1.165) is 0 Å². The summed E-state index contributed by atoms with van der Waals surface area (Å²) < 4.78 is 5.38. The summed E-state index contributed by atoms with van der Waals surface area (Å²) in [6.07, 6.45) is 0. The minimum Gasteiger partial charge on any atom is -0.484 e. The molecule has 3 rings (SSSR count). The second-order valence-electron chi connectivity index (χ2n) is 6.63. The van der Waals surface area contributed by atoms with Crippen molar-refractivity contribution in [3.63, 3.8) is 0 Å². The molecule has 0 saturated heterocycles. The smallest absolute Gasteiger partial charge is 0.277 e. The SMILES string of the molecule is C/C(=N\NC(=O)COc1ccc(Cl)cc1)c1cccc(NC(=O)c2ccc(Cl)cc2Cl)c1. The van der Waals surface area contributed by atoms with Gasteiger partial charge >= 0.3 is 0 Å². The Balaban J connectivity index is 1.59. The van der Waals surface area contributed by atoms with Crippen molar-refractivity contribution in [2.75, 3.05) is 11.9 Å². The van der Waals surface area contributed by atoms with Crippen molar-refractivity contribution in [3.05, 3.63) is 92.9 Å². The number of nitrogens with zero attached hydrogens (tertiary/aromatic N) is 1. The van der Waals surface area contributed by atoms with Crippen LogP contribution in [0.4, 0.5) is 5.69 Å². The maximum absolute atomic E-state index is 12.5. The highest BCUT2D eigenvalue weighted by molar-refractivity contribution is 6.37. The summed E-state index contributed by atoms with van der Waals surface area (Å²) in [6.45, 7) is 1.54. The van der Waals surface area contributed by atoms with Gasteiger partial charge in [-0.25, -0.2) is 5.43 Å². The summed E-state index contributed by atoms with van der Waals surface area (Å²) in [5, 5.41) is 8.16. The molecule has 0 aliphatic rings. The number of ether oxygens (including phenoxy) is 1. The quantitative estimate of drug-likeness (QED) is 0.323. The van der Waals surface area contributed by atoms with Crippen LogP contribution in [0.5, 0.6) is 5.75 Å². The molecule has 9 heteroatoms. The minimum atomic E-state index is -0.416. The first-order chi connectivity index (χ1) is 15.3. The van der Waals surface area contributed by atoms with Crippen molar-refractivity contribution in [1.29, 1.82) is 0 Å². The molecule has 164 valence electrons. The van der Waals surface area contributed by atoms with Gasteiger partial charge < -0.3 is 10.1 Å². The molecule has 0 aromatic heterocycles. The lowest BCUT2D eigenvalue weighted by Gasteiger charge is -2.09. The highest BCUT2D eigenvalue weighted by atomic mass is 35.5. The molecule has 0 atom stereocenters. The van der Waals surface area contributed by atoms with Gasteiger partial charge in [0.25, 0.3) is 11.8 Å². The molecule has 2 N–H and O–H groups in total. The molecular weight excluding hydrogens is 473 g/mol. The monoisotopic (exact) mass is 489 g/mol. The van der Waals surface area contributed by atoms with E-state index in [9.17, 15) is 9.59 Å². The number of nitrogens with one attached hydrogen (secondary N) is 2. The minimum absolute atomic E-state index is 0.198. The summed E-state index contributed by atoms with van der Waals surface area (Å²) in [5.41, 5.74) is 4.55. The Morgan fingerprint density at radius 3 is 2.38 bits per heavy atom. The largest absolute Gasteiger partial charge is 0.484 e. The van der Waals surface area contributed by atoms with Crippen molar-refractivity contribution in [3.8, 4) is 5.75 Å². The van der Waals surface area contributed by atoms with E-state index in [0.29, 0.717) is 38.3 Å². The number of carbonyl (C=O) groups excluding carboxylic acids is 2. The lowest BCUT2D eigenvalue weighted by atomic mass is 10.1. The second-order valence-corrected chi connectivity index (χ2v) is 7.91. The zero-order chi connectivity index (χ0) is 23.1. The van der Waals surface area contributed by atoms with E-state index in [1.807, 2.05) is 0 Å². The summed E-state index contributed by atoms with van der Waals surface area (Å²) in [6, 6.07) is 18.4. The number of hydrazone groups is 1. The molecule has 0 heterocycles. The Morgan fingerprint density at radius 2 is 1.66 bits per heavy atom. The van der Waals surface area contributed by atoms with Gasteiger partial charge in [-0.05, 0) is 67.1 Å². The first kappa shape index (κ1) is 23.6. The van der Waals surface area contributed by atoms with E-state index in [1.54, 1.807) is 67.6 Å². The van der Waals surface area contributed by atoms with Gasteiger partial charge in [-0.1, -0.05) is 46.9 Å². The van der Waals surface area contributed by atoms with E-state index in [4.69, 9.17) is 39.5 Å². The summed E-state index contributed by atoms with van der Waals surface area (Å²) in [7, 11) is 0. The van der Waals surface area contributed by atoms with Crippen LogP contribution in [0, 0.1) is 0 Å². The van der Waals surface area contributed by atoms with Crippen LogP contribution in [-0.2, 0) is 4.79 Å². The van der Waals surface area contributed by atoms with E-state index >= 15 is 0 Å². The van der Waals surface area contributed by atoms with Crippen LogP contribution in [-0.4, -0.2) is 24.1 Å². The van der Waals surface area contributed by atoms with Crippen molar-refractivity contribution in [1.82, 2.24) is 5.43 Å². The van der Waals surface area contributed by atoms with Crippen LogP contribution >= 0.6 is 34.8 Å². The molecule has 32 heavy (non-hydrogen) atoms. The number of hydrogen-bond donors (Lipinski definition) is 2. The topological polar surface area (TPSA) is 79.8 Å². The fraction of sp³-hybridized carbons (Fsp3) is 0.0870. The third kappa shape index (κ3) is 6.72. The molecule has 0 fully saturated rings. The Labute approximate surface area is 200 Å². The second kappa shape index (κ2) is 11.0. The molecule has 0 aliphatic carbocycles. The van der Waals surface area contributed by atoms with Crippen LogP contribution in [0.2, 0.25) is 15.1 Å². The fourth-order valence-corrected chi connectivity index (χ4v) is 3.24. The van der Waals surface area contributed by atoms with E-state index in [-0.39, 0.29) is 17.5 Å². The lowest BCUT2D eigenvalue weighted by Crippen LogP contribution is -2.25.